The van der Waals surface area contributed by atoms with Gasteiger partial charge in [0.2, 0.25) is 10.0 Å². The van der Waals surface area contributed by atoms with Crippen LogP contribution in [0.4, 0.5) is 0 Å². The van der Waals surface area contributed by atoms with E-state index in [1.54, 1.807) is 0 Å². The molecule has 0 N–H and O–H groups in total. The van der Waals surface area contributed by atoms with Gasteiger partial charge in [0, 0.05) is 19.3 Å². The van der Waals surface area contributed by atoms with Crippen LogP contribution in [0, 0.1) is 5.41 Å². The number of rotatable bonds is 2. The van der Waals surface area contributed by atoms with Crippen LogP contribution >= 0.6 is 23.2 Å². The summed E-state index contributed by atoms with van der Waals surface area (Å²) in [6.07, 6.45) is 4.00. The van der Waals surface area contributed by atoms with Gasteiger partial charge in [-0.15, -0.1) is 0 Å². The Morgan fingerprint density at radius 3 is 2.60 bits per heavy atom. The van der Waals surface area contributed by atoms with Crippen molar-refractivity contribution in [3.63, 3.8) is 0 Å². The van der Waals surface area contributed by atoms with Crippen molar-refractivity contribution in [2.75, 3.05) is 13.1 Å². The maximum atomic E-state index is 12.6. The number of aromatic nitrogens is 1. The fourth-order valence-electron chi connectivity index (χ4n) is 2.33. The van der Waals surface area contributed by atoms with Crippen LogP contribution < -0.4 is 0 Å². The lowest BCUT2D eigenvalue weighted by molar-refractivity contribution is 0.315. The van der Waals surface area contributed by atoms with Gasteiger partial charge < -0.3 is 0 Å². The average molecular weight is 337 g/mol. The molecule has 0 unspecified atom stereocenters. The molecule has 2 heterocycles. The van der Waals surface area contributed by atoms with E-state index < -0.39 is 10.0 Å². The Morgan fingerprint density at radius 2 is 1.95 bits per heavy atom. The first-order valence-electron chi connectivity index (χ1n) is 6.54. The van der Waals surface area contributed by atoms with Crippen molar-refractivity contribution < 1.29 is 8.42 Å². The quantitative estimate of drug-likeness (QED) is 0.775. The number of pyridine rings is 1. The maximum absolute atomic E-state index is 12.6. The van der Waals surface area contributed by atoms with Gasteiger partial charge in [-0.05, 0) is 30.7 Å². The zero-order chi connectivity index (χ0) is 15.0. The van der Waals surface area contributed by atoms with E-state index in [4.69, 9.17) is 23.2 Å². The van der Waals surface area contributed by atoms with E-state index in [1.807, 2.05) is 0 Å². The van der Waals surface area contributed by atoms with Gasteiger partial charge >= 0.3 is 0 Å². The first-order valence-corrected chi connectivity index (χ1v) is 8.73. The second-order valence-electron chi connectivity index (χ2n) is 5.87. The minimum Gasteiger partial charge on any atom is -0.242 e. The summed E-state index contributed by atoms with van der Waals surface area (Å²) < 4.78 is 26.7. The molecule has 0 aromatic carbocycles. The molecule has 0 amide bonds. The molecule has 1 saturated heterocycles. The number of halogens is 2. The molecule has 1 aromatic heterocycles. The van der Waals surface area contributed by atoms with E-state index in [-0.39, 0.29) is 20.5 Å². The Balaban J connectivity index is 2.28. The summed E-state index contributed by atoms with van der Waals surface area (Å²) in [6.45, 7) is 5.40. The third-order valence-electron chi connectivity index (χ3n) is 3.71. The molecule has 1 aliphatic rings. The summed E-state index contributed by atoms with van der Waals surface area (Å²) in [5.41, 5.74) is 0.181. The Kier molecular flexibility index (Phi) is 4.64. The molecular weight excluding hydrogens is 319 g/mol. The lowest BCUT2D eigenvalue weighted by Gasteiger charge is -2.23. The Bertz CT molecular complexity index is 602. The number of hydrogen-bond acceptors (Lipinski definition) is 3. The summed E-state index contributed by atoms with van der Waals surface area (Å²) >= 11 is 11.6. The van der Waals surface area contributed by atoms with Gasteiger partial charge in [0.1, 0.15) is 10.0 Å². The van der Waals surface area contributed by atoms with E-state index in [9.17, 15) is 8.42 Å². The Morgan fingerprint density at radius 1 is 1.25 bits per heavy atom. The lowest BCUT2D eigenvalue weighted by atomic mass is 9.85. The highest BCUT2D eigenvalue weighted by Crippen LogP contribution is 2.32. The topological polar surface area (TPSA) is 50.3 Å². The SMILES string of the molecule is CC1(C)CCCN(S(=O)(=O)c2cnc(Cl)c(Cl)c2)CC1. The second-order valence-corrected chi connectivity index (χ2v) is 8.57. The van der Waals surface area contributed by atoms with Gasteiger partial charge in [-0.2, -0.15) is 4.31 Å². The molecule has 2 rings (SSSR count). The molecule has 20 heavy (non-hydrogen) atoms. The molecule has 0 bridgehead atoms. The van der Waals surface area contributed by atoms with Crippen molar-refractivity contribution in [1.82, 2.24) is 9.29 Å². The normalized spacial score (nSPS) is 20.6. The summed E-state index contributed by atoms with van der Waals surface area (Å²) in [7, 11) is -3.55. The van der Waals surface area contributed by atoms with Crippen molar-refractivity contribution in [3.05, 3.63) is 22.4 Å². The lowest BCUT2D eigenvalue weighted by Crippen LogP contribution is -2.32. The van der Waals surface area contributed by atoms with Crippen LogP contribution in [0.2, 0.25) is 10.2 Å². The first kappa shape index (κ1) is 16.0. The highest BCUT2D eigenvalue weighted by molar-refractivity contribution is 7.89. The Hall–Kier alpha value is -0.360. The summed E-state index contributed by atoms with van der Waals surface area (Å²) in [5, 5.41) is 0.269. The second kappa shape index (κ2) is 5.79. The van der Waals surface area contributed by atoms with Crippen LogP contribution in [0.1, 0.15) is 33.1 Å². The van der Waals surface area contributed by atoms with Crippen LogP contribution in [0.5, 0.6) is 0 Å². The molecule has 4 nitrogen and oxygen atoms in total. The molecule has 1 aliphatic heterocycles. The zero-order valence-electron chi connectivity index (χ0n) is 11.6. The monoisotopic (exact) mass is 336 g/mol. The number of hydrogen-bond donors (Lipinski definition) is 0. The van der Waals surface area contributed by atoms with Gasteiger partial charge in [-0.1, -0.05) is 37.0 Å². The summed E-state index contributed by atoms with van der Waals surface area (Å²) in [6, 6.07) is 1.36. The third kappa shape index (κ3) is 3.45. The van der Waals surface area contributed by atoms with Gasteiger partial charge in [0.25, 0.3) is 0 Å². The molecule has 0 spiro atoms. The Labute approximate surface area is 130 Å². The minimum atomic E-state index is -3.55. The predicted molar refractivity (Wildman–Crippen MR) is 80.6 cm³/mol. The number of nitrogens with zero attached hydrogens (tertiary/aromatic N) is 2. The van der Waals surface area contributed by atoms with Crippen molar-refractivity contribution in [1.29, 1.82) is 0 Å². The molecule has 1 fully saturated rings. The molecular formula is C13H18Cl2N2O2S. The standard InChI is InChI=1S/C13H18Cl2N2O2S/c1-13(2)4-3-6-17(7-5-13)20(18,19)10-8-11(14)12(15)16-9-10/h8-9H,3-7H2,1-2H3. The summed E-state index contributed by atoms with van der Waals surface area (Å²) in [5.74, 6) is 0. The van der Waals surface area contributed by atoms with E-state index in [0.717, 1.165) is 19.3 Å². The van der Waals surface area contributed by atoms with Gasteiger partial charge in [0.05, 0.1) is 5.02 Å². The van der Waals surface area contributed by atoms with Crippen LogP contribution in [0.25, 0.3) is 0 Å². The van der Waals surface area contributed by atoms with Crippen LogP contribution in [-0.2, 0) is 10.0 Å². The van der Waals surface area contributed by atoms with Crippen molar-refractivity contribution in [2.45, 2.75) is 38.0 Å². The summed E-state index contributed by atoms with van der Waals surface area (Å²) in [4.78, 5) is 3.92. The van der Waals surface area contributed by atoms with E-state index in [0.29, 0.717) is 13.1 Å². The van der Waals surface area contributed by atoms with Gasteiger partial charge in [0.15, 0.2) is 0 Å². The van der Waals surface area contributed by atoms with E-state index in [1.165, 1.54) is 16.6 Å². The first-order chi connectivity index (χ1) is 9.22. The van der Waals surface area contributed by atoms with Crippen LogP contribution in [0.15, 0.2) is 17.2 Å². The van der Waals surface area contributed by atoms with Gasteiger partial charge in [-0.3, -0.25) is 0 Å². The van der Waals surface area contributed by atoms with Crippen LogP contribution in [-0.4, -0.2) is 30.8 Å². The van der Waals surface area contributed by atoms with E-state index >= 15 is 0 Å². The highest BCUT2D eigenvalue weighted by Gasteiger charge is 2.30. The van der Waals surface area contributed by atoms with Crippen LogP contribution in [0.3, 0.4) is 0 Å². The van der Waals surface area contributed by atoms with Crippen molar-refractivity contribution in [3.8, 4) is 0 Å². The highest BCUT2D eigenvalue weighted by atomic mass is 35.5. The maximum Gasteiger partial charge on any atom is 0.244 e. The third-order valence-corrected chi connectivity index (χ3v) is 6.26. The molecule has 112 valence electrons. The minimum absolute atomic E-state index is 0.103. The fourth-order valence-corrected chi connectivity index (χ4v) is 4.12. The van der Waals surface area contributed by atoms with Crippen molar-refractivity contribution in [2.24, 2.45) is 5.41 Å². The molecule has 0 aliphatic carbocycles. The fraction of sp³-hybridized carbons (Fsp3) is 0.615. The smallest absolute Gasteiger partial charge is 0.242 e. The number of sulfonamides is 1. The van der Waals surface area contributed by atoms with Crippen molar-refractivity contribution >= 4 is 33.2 Å². The molecule has 0 radical (unpaired) electrons. The predicted octanol–water partition coefficient (Wildman–Crippen LogP) is 3.59. The largest absolute Gasteiger partial charge is 0.244 e. The molecule has 0 saturated carbocycles. The average Bonchev–Trinajstić information content (AvgIpc) is 2.54. The molecule has 1 aromatic rings. The van der Waals surface area contributed by atoms with Gasteiger partial charge in [-0.25, -0.2) is 13.4 Å². The molecule has 7 heteroatoms. The van der Waals surface area contributed by atoms with E-state index in [2.05, 4.69) is 18.8 Å². The zero-order valence-corrected chi connectivity index (χ0v) is 13.9. The molecule has 0 atom stereocenters.